The Labute approximate surface area is 120 Å². The Hall–Kier alpha value is -1.71. The Morgan fingerprint density at radius 2 is 2.10 bits per heavy atom. The van der Waals surface area contributed by atoms with E-state index in [0.29, 0.717) is 29.0 Å². The molecule has 20 heavy (non-hydrogen) atoms. The van der Waals surface area contributed by atoms with Crippen molar-refractivity contribution in [3.63, 3.8) is 0 Å². The van der Waals surface area contributed by atoms with Crippen LogP contribution in [0.5, 0.6) is 5.75 Å². The smallest absolute Gasteiger partial charge is 0.251 e. The molecule has 0 bridgehead atoms. The fraction of sp³-hybridized carbons (Fsp3) is 0.562. The van der Waals surface area contributed by atoms with Gasteiger partial charge in [-0.1, -0.05) is 13.3 Å². The summed E-state index contributed by atoms with van der Waals surface area (Å²) < 4.78 is 5.41. The lowest BCUT2D eigenvalue weighted by Gasteiger charge is -2.15. The molecule has 0 aromatic heterocycles. The molecule has 1 amide bonds. The first-order valence-corrected chi connectivity index (χ1v) is 7.40. The highest BCUT2D eigenvalue weighted by atomic mass is 16.5. The van der Waals surface area contributed by atoms with Gasteiger partial charge >= 0.3 is 0 Å². The molecule has 0 radical (unpaired) electrons. The van der Waals surface area contributed by atoms with E-state index >= 15 is 0 Å². The molecule has 0 saturated heterocycles. The number of carbonyl (C=O) groups excluding carboxylic acids is 1. The lowest BCUT2D eigenvalue weighted by Crippen LogP contribution is -2.30. The number of nitrogen functional groups attached to an aromatic ring is 1. The van der Waals surface area contributed by atoms with E-state index in [9.17, 15) is 4.79 Å². The maximum absolute atomic E-state index is 12.2. The van der Waals surface area contributed by atoms with E-state index in [2.05, 4.69) is 12.2 Å². The van der Waals surface area contributed by atoms with E-state index in [4.69, 9.17) is 10.5 Å². The van der Waals surface area contributed by atoms with E-state index in [0.717, 1.165) is 6.54 Å². The third-order valence-corrected chi connectivity index (χ3v) is 3.86. The average Bonchev–Trinajstić information content (AvgIpc) is 3.16. The molecule has 2 rings (SSSR count). The number of hydrogen-bond acceptors (Lipinski definition) is 3. The van der Waals surface area contributed by atoms with E-state index in [1.165, 1.54) is 25.7 Å². The molecule has 1 aliphatic carbocycles. The summed E-state index contributed by atoms with van der Waals surface area (Å²) in [7, 11) is 0. The summed E-state index contributed by atoms with van der Waals surface area (Å²) in [6, 6.07) is 5.17. The summed E-state index contributed by atoms with van der Waals surface area (Å²) in [4.78, 5) is 12.2. The maximum Gasteiger partial charge on any atom is 0.251 e. The summed E-state index contributed by atoms with van der Waals surface area (Å²) in [6.45, 7) is 5.42. The lowest BCUT2D eigenvalue weighted by atomic mass is 10.0. The summed E-state index contributed by atoms with van der Waals surface area (Å²) in [5.41, 5.74) is 7.29. The van der Waals surface area contributed by atoms with Crippen LogP contribution < -0.4 is 15.8 Å². The van der Waals surface area contributed by atoms with Crippen LogP contribution >= 0.6 is 0 Å². The van der Waals surface area contributed by atoms with Crippen LogP contribution in [-0.4, -0.2) is 19.1 Å². The molecule has 1 aromatic carbocycles. The minimum atomic E-state index is -0.0689. The monoisotopic (exact) mass is 276 g/mol. The third-order valence-electron chi connectivity index (χ3n) is 3.86. The number of hydrogen-bond donors (Lipinski definition) is 2. The number of carbonyl (C=O) groups is 1. The van der Waals surface area contributed by atoms with Gasteiger partial charge in [0, 0.05) is 23.9 Å². The molecule has 4 nitrogen and oxygen atoms in total. The number of nitrogens with two attached hydrogens (primary N) is 1. The fourth-order valence-corrected chi connectivity index (χ4v) is 2.60. The second-order valence-corrected chi connectivity index (χ2v) is 5.66. The Bertz CT molecular complexity index is 481. The lowest BCUT2D eigenvalue weighted by molar-refractivity contribution is 0.0943. The number of benzene rings is 1. The van der Waals surface area contributed by atoms with Crippen LogP contribution in [-0.2, 0) is 0 Å². The molecule has 3 N–H and O–H groups in total. The average molecular weight is 276 g/mol. The van der Waals surface area contributed by atoms with Crippen molar-refractivity contribution >= 4 is 11.6 Å². The van der Waals surface area contributed by atoms with E-state index in [-0.39, 0.29) is 5.91 Å². The normalized spacial score (nSPS) is 15.7. The molecule has 1 aliphatic rings. The van der Waals surface area contributed by atoms with Crippen molar-refractivity contribution < 1.29 is 9.53 Å². The van der Waals surface area contributed by atoms with Crippen LogP contribution in [0.3, 0.4) is 0 Å². The van der Waals surface area contributed by atoms with Crippen molar-refractivity contribution in [2.45, 2.75) is 39.5 Å². The Morgan fingerprint density at radius 3 is 2.70 bits per heavy atom. The molecular weight excluding hydrogens is 252 g/mol. The standard InChI is InChI=1S/C16H24N2O2/c1-3-5-16(6-7-16)11-18-15(19)12-8-13(17)10-14(9-12)20-4-2/h8-10H,3-7,11,17H2,1-2H3,(H,18,19). The Morgan fingerprint density at radius 1 is 1.35 bits per heavy atom. The van der Waals surface area contributed by atoms with Gasteiger partial charge in [-0.2, -0.15) is 0 Å². The van der Waals surface area contributed by atoms with Crippen molar-refractivity contribution in [3.8, 4) is 5.75 Å². The Kier molecular flexibility index (Phi) is 4.53. The molecule has 0 spiro atoms. The summed E-state index contributed by atoms with van der Waals surface area (Å²) >= 11 is 0. The van der Waals surface area contributed by atoms with Gasteiger partial charge in [-0.3, -0.25) is 4.79 Å². The van der Waals surface area contributed by atoms with E-state index < -0.39 is 0 Å². The van der Waals surface area contributed by atoms with Gasteiger partial charge < -0.3 is 15.8 Å². The molecule has 1 fully saturated rings. The van der Waals surface area contributed by atoms with Crippen LogP contribution in [0.2, 0.25) is 0 Å². The summed E-state index contributed by atoms with van der Waals surface area (Å²) in [5, 5.41) is 3.03. The second-order valence-electron chi connectivity index (χ2n) is 5.66. The van der Waals surface area contributed by atoms with Gasteiger partial charge in [-0.15, -0.1) is 0 Å². The van der Waals surface area contributed by atoms with Gasteiger partial charge in [-0.05, 0) is 43.7 Å². The predicted molar refractivity (Wildman–Crippen MR) is 80.9 cm³/mol. The predicted octanol–water partition coefficient (Wildman–Crippen LogP) is 2.98. The first-order chi connectivity index (χ1) is 9.58. The zero-order chi connectivity index (χ0) is 14.6. The molecule has 0 heterocycles. The highest BCUT2D eigenvalue weighted by Gasteiger charge is 2.41. The largest absolute Gasteiger partial charge is 0.494 e. The van der Waals surface area contributed by atoms with Gasteiger partial charge in [0.25, 0.3) is 5.91 Å². The van der Waals surface area contributed by atoms with Gasteiger partial charge in [0.2, 0.25) is 0 Å². The maximum atomic E-state index is 12.2. The first kappa shape index (κ1) is 14.7. The molecule has 1 aromatic rings. The molecule has 0 aliphatic heterocycles. The van der Waals surface area contributed by atoms with Gasteiger partial charge in [0.15, 0.2) is 0 Å². The molecule has 0 atom stereocenters. The Balaban J connectivity index is 1.98. The van der Waals surface area contributed by atoms with Crippen LogP contribution in [0, 0.1) is 5.41 Å². The van der Waals surface area contributed by atoms with Crippen LogP contribution in [0.15, 0.2) is 18.2 Å². The molecule has 110 valence electrons. The van der Waals surface area contributed by atoms with E-state index in [1.54, 1.807) is 18.2 Å². The number of nitrogens with one attached hydrogen (secondary N) is 1. The van der Waals surface area contributed by atoms with Crippen LogP contribution in [0.1, 0.15) is 49.9 Å². The second kappa shape index (κ2) is 6.16. The topological polar surface area (TPSA) is 64.4 Å². The summed E-state index contributed by atoms with van der Waals surface area (Å²) in [6.07, 6.45) is 4.81. The SMILES string of the molecule is CCCC1(CNC(=O)c2cc(N)cc(OCC)c2)CC1. The quantitative estimate of drug-likeness (QED) is 0.752. The summed E-state index contributed by atoms with van der Waals surface area (Å²) in [5.74, 6) is 0.577. The van der Waals surface area contributed by atoms with Crippen LogP contribution in [0.4, 0.5) is 5.69 Å². The molecule has 4 heteroatoms. The molecule has 0 unspecified atom stereocenters. The van der Waals surface area contributed by atoms with Gasteiger partial charge in [0.1, 0.15) is 5.75 Å². The van der Waals surface area contributed by atoms with E-state index in [1.807, 2.05) is 6.92 Å². The van der Waals surface area contributed by atoms with Gasteiger partial charge in [-0.25, -0.2) is 0 Å². The number of rotatable bonds is 7. The van der Waals surface area contributed by atoms with Crippen molar-refractivity contribution in [2.75, 3.05) is 18.9 Å². The zero-order valence-electron chi connectivity index (χ0n) is 12.4. The fourth-order valence-electron chi connectivity index (χ4n) is 2.60. The van der Waals surface area contributed by atoms with Crippen LogP contribution in [0.25, 0.3) is 0 Å². The highest BCUT2D eigenvalue weighted by molar-refractivity contribution is 5.95. The van der Waals surface area contributed by atoms with Gasteiger partial charge in [0.05, 0.1) is 6.61 Å². The minimum Gasteiger partial charge on any atom is -0.494 e. The third kappa shape index (κ3) is 3.65. The van der Waals surface area contributed by atoms with Crippen molar-refractivity contribution in [1.82, 2.24) is 5.32 Å². The first-order valence-electron chi connectivity index (χ1n) is 7.40. The zero-order valence-corrected chi connectivity index (χ0v) is 12.4. The number of amides is 1. The number of anilines is 1. The minimum absolute atomic E-state index is 0.0689. The molecular formula is C16H24N2O2. The van der Waals surface area contributed by atoms with Crippen molar-refractivity contribution in [3.05, 3.63) is 23.8 Å². The van der Waals surface area contributed by atoms with Crippen molar-refractivity contribution in [2.24, 2.45) is 5.41 Å². The number of ether oxygens (including phenoxy) is 1. The highest BCUT2D eigenvalue weighted by Crippen LogP contribution is 2.48. The van der Waals surface area contributed by atoms with Crippen molar-refractivity contribution in [1.29, 1.82) is 0 Å². The molecule has 1 saturated carbocycles.